The summed E-state index contributed by atoms with van der Waals surface area (Å²) in [5.41, 5.74) is 2.01. The quantitative estimate of drug-likeness (QED) is 0.0143. The number of carbonyl (C=O) groups excluding carboxylic acids is 7. The molecule has 0 saturated carbocycles. The summed E-state index contributed by atoms with van der Waals surface area (Å²) in [4.78, 5) is 131. The van der Waals surface area contributed by atoms with E-state index in [-0.39, 0.29) is 151 Å². The number of aryl methyl sites for hydroxylation is 1. The van der Waals surface area contributed by atoms with Crippen LogP contribution in [0.1, 0.15) is 165 Å². The van der Waals surface area contributed by atoms with Crippen LogP contribution in [0.2, 0.25) is 0 Å². The number of carboxylic acid groups (broad SMARTS) is 2. The lowest BCUT2D eigenvalue weighted by Gasteiger charge is -2.24. The Labute approximate surface area is 539 Å². The molecule has 28 heteroatoms. The fourth-order valence-electron chi connectivity index (χ4n) is 10.2. The average Bonchev–Trinajstić information content (AvgIpc) is 1.66. The lowest BCUT2D eigenvalue weighted by Crippen LogP contribution is -2.44. The molecule has 4 aromatic heterocycles. The number of carboxylic acids is 2. The minimum atomic E-state index is -1.20. The molecule has 2 atom stereocenters. The highest BCUT2D eigenvalue weighted by Gasteiger charge is 2.44. The van der Waals surface area contributed by atoms with E-state index in [9.17, 15) is 48.3 Å². The van der Waals surface area contributed by atoms with Crippen molar-refractivity contribution in [1.29, 1.82) is 0 Å². The number of carbonyl (C=O) groups is 9. The molecule has 0 radical (unpaired) electrons. The predicted molar refractivity (Wildman–Crippen MR) is 339 cm³/mol. The third-order valence-corrected chi connectivity index (χ3v) is 15.5. The van der Waals surface area contributed by atoms with Gasteiger partial charge in [-0.3, -0.25) is 48.0 Å². The summed E-state index contributed by atoms with van der Waals surface area (Å²) >= 11 is 3.35. The van der Waals surface area contributed by atoms with Crippen molar-refractivity contribution < 1.29 is 72.3 Å². The molecule has 0 bridgehead atoms. The first-order valence-electron chi connectivity index (χ1n) is 31.5. The maximum atomic E-state index is 14.0. The molecule has 27 nitrogen and oxygen atoms in total. The second-order valence-corrected chi connectivity index (χ2v) is 24.2. The first-order chi connectivity index (χ1) is 43.7. The Morgan fingerprint density at radius 3 is 1.82 bits per heavy atom. The van der Waals surface area contributed by atoms with Crippen molar-refractivity contribution in [2.45, 2.75) is 175 Å². The normalized spacial score (nSPS) is 13.8. The molecule has 5 rings (SSSR count). The van der Waals surface area contributed by atoms with Crippen LogP contribution >= 0.6 is 15.9 Å². The number of halogens is 1. The highest BCUT2D eigenvalue weighted by atomic mass is 79.9. The second kappa shape index (κ2) is 40.5. The summed E-state index contributed by atoms with van der Waals surface area (Å²) in [5, 5.41) is 36.7. The van der Waals surface area contributed by atoms with Crippen LogP contribution in [-0.2, 0) is 70.4 Å². The highest BCUT2D eigenvalue weighted by Crippen LogP contribution is 2.35. The van der Waals surface area contributed by atoms with Crippen LogP contribution in [0.25, 0.3) is 22.2 Å². The number of pyridine rings is 2. The van der Waals surface area contributed by atoms with Crippen LogP contribution in [0, 0.1) is 12.3 Å². The molecule has 1 aliphatic rings. The smallest absolute Gasteiger partial charge is 0.326 e. The number of nitrogens with zero attached hydrogens (tertiary/aromatic N) is 7. The SMILES string of the molecule is CC(=O)c1nn(CC(=O)N2CC(C)(C)C[C@H]2C(=O)Nc2nc(Br)ccc2C)c2cnc(-c3cnc(CNC(=O)COCCOCCNC(=O)COCCOCCNC(=O)CC[C@H](NC(=O)CCCCCCCCCCCCCCCCC(=O)O)C(=O)O)nc3)cc12. The van der Waals surface area contributed by atoms with Gasteiger partial charge in [0.15, 0.2) is 5.78 Å². The third kappa shape index (κ3) is 28.3. The van der Waals surface area contributed by atoms with Crippen molar-refractivity contribution in [3.63, 3.8) is 0 Å². The number of nitrogens with one attached hydrogen (secondary N) is 5. The van der Waals surface area contributed by atoms with Gasteiger partial charge in [-0.25, -0.2) is 19.7 Å². The predicted octanol–water partition coefficient (Wildman–Crippen LogP) is 6.41. The van der Waals surface area contributed by atoms with Crippen LogP contribution < -0.4 is 26.6 Å². The van der Waals surface area contributed by atoms with Crippen LogP contribution in [0.15, 0.2) is 41.4 Å². The number of Topliss-reactive ketones (excluding diaryl/α,β-unsaturated/α-hetero) is 1. The zero-order valence-corrected chi connectivity index (χ0v) is 54.5. The van der Waals surface area contributed by atoms with E-state index in [0.29, 0.717) is 57.8 Å². The number of amides is 6. The van der Waals surface area contributed by atoms with Crippen LogP contribution in [0.3, 0.4) is 0 Å². The van der Waals surface area contributed by atoms with Gasteiger partial charge in [-0.15, -0.1) is 0 Å². The van der Waals surface area contributed by atoms with E-state index in [1.54, 1.807) is 17.0 Å². The summed E-state index contributed by atoms with van der Waals surface area (Å²) < 4.78 is 23.6. The minimum absolute atomic E-state index is 0.0203. The second-order valence-electron chi connectivity index (χ2n) is 23.4. The number of hydrogen-bond donors (Lipinski definition) is 7. The first kappa shape index (κ1) is 74.3. The summed E-state index contributed by atoms with van der Waals surface area (Å²) in [6.07, 6.45) is 20.3. The topological polar surface area (TPSA) is 364 Å². The lowest BCUT2D eigenvalue weighted by atomic mass is 9.90. The number of aliphatic carboxylic acids is 2. The maximum Gasteiger partial charge on any atom is 0.326 e. The summed E-state index contributed by atoms with van der Waals surface area (Å²) in [7, 11) is 0. The van der Waals surface area contributed by atoms with Gasteiger partial charge in [0, 0.05) is 69.2 Å². The molecular formula is C63H91BrN12O15. The lowest BCUT2D eigenvalue weighted by molar-refractivity contribution is -0.142. The van der Waals surface area contributed by atoms with E-state index in [1.165, 1.54) is 68.7 Å². The van der Waals surface area contributed by atoms with E-state index in [0.717, 1.165) is 50.5 Å². The molecule has 0 aliphatic carbocycles. The molecule has 4 aromatic rings. The molecule has 91 heavy (non-hydrogen) atoms. The molecule has 0 spiro atoms. The Bertz CT molecular complexity index is 3020. The van der Waals surface area contributed by atoms with Gasteiger partial charge in [0.2, 0.25) is 35.4 Å². The van der Waals surface area contributed by atoms with E-state index >= 15 is 0 Å². The molecule has 7 N–H and O–H groups in total. The largest absolute Gasteiger partial charge is 0.481 e. The number of aromatic nitrogens is 6. The number of hydrogen-bond acceptors (Lipinski definition) is 18. The Balaban J connectivity index is 0.841. The number of ketones is 1. The van der Waals surface area contributed by atoms with Gasteiger partial charge in [-0.05, 0) is 71.6 Å². The number of fused-ring (bicyclic) bond motifs is 1. The van der Waals surface area contributed by atoms with Gasteiger partial charge >= 0.3 is 11.9 Å². The molecule has 500 valence electrons. The van der Waals surface area contributed by atoms with Gasteiger partial charge in [-0.2, -0.15) is 5.10 Å². The summed E-state index contributed by atoms with van der Waals surface area (Å²) in [6, 6.07) is 3.37. The Kier molecular flexibility index (Phi) is 33.0. The Morgan fingerprint density at radius 2 is 1.24 bits per heavy atom. The fourth-order valence-corrected chi connectivity index (χ4v) is 10.5. The molecule has 1 aliphatic heterocycles. The Morgan fingerprint density at radius 1 is 0.681 bits per heavy atom. The van der Waals surface area contributed by atoms with E-state index in [1.807, 2.05) is 26.8 Å². The fraction of sp³-hybridized carbons (Fsp3) is 0.619. The first-order valence-corrected chi connectivity index (χ1v) is 32.3. The molecule has 0 unspecified atom stereocenters. The zero-order chi connectivity index (χ0) is 66.0. The van der Waals surface area contributed by atoms with Gasteiger partial charge < -0.3 is 60.6 Å². The number of unbranched alkanes of at least 4 members (excludes halogenated alkanes) is 13. The standard InChI is InChI=1S/C63H91BrN12O15/c1-43-21-23-51(64)72-60(43)73-61(85)49-34-63(3,4)42-75(49)57(82)39-76-50-37-67-48(33-46(50)59(74-76)44(2)77)45-35-68-52(69-36-45)38-70-56(81)41-91-32-30-89-28-26-66-55(80)40-90-31-29-88-27-25-65-53(78)24-22-47(62(86)87)71-54(79)19-17-15-13-11-9-7-5-6-8-10-12-14-16-18-20-58(83)84/h21,23,33,35-37,47,49H,5-20,22,24-32,34,38-42H2,1-4H3,(H,65,78)(H,66,80)(H,70,81)(H,71,79)(H,83,84)(H,86,87)(H,72,73,85)/t47-,49-/m0/s1. The van der Waals surface area contributed by atoms with Crippen molar-refractivity contribution in [1.82, 2.24) is 55.9 Å². The highest BCUT2D eigenvalue weighted by molar-refractivity contribution is 9.10. The van der Waals surface area contributed by atoms with Crippen molar-refractivity contribution in [3.05, 3.63) is 58.5 Å². The van der Waals surface area contributed by atoms with E-state index in [2.05, 4.69) is 67.5 Å². The molecule has 6 amide bonds. The zero-order valence-electron chi connectivity index (χ0n) is 53.0. The van der Waals surface area contributed by atoms with Gasteiger partial charge in [-0.1, -0.05) is 97.0 Å². The van der Waals surface area contributed by atoms with Crippen LogP contribution in [0.4, 0.5) is 5.82 Å². The average molecular weight is 1340 g/mol. The van der Waals surface area contributed by atoms with Crippen LogP contribution in [0.5, 0.6) is 0 Å². The van der Waals surface area contributed by atoms with Crippen molar-refractivity contribution in [2.24, 2.45) is 5.41 Å². The van der Waals surface area contributed by atoms with Crippen molar-refractivity contribution in [2.75, 3.05) is 77.8 Å². The maximum absolute atomic E-state index is 14.0. The van der Waals surface area contributed by atoms with E-state index in [4.69, 9.17) is 24.1 Å². The summed E-state index contributed by atoms with van der Waals surface area (Å²) in [5.74, 6) is -3.69. The van der Waals surface area contributed by atoms with Gasteiger partial charge in [0.1, 0.15) is 53.8 Å². The minimum Gasteiger partial charge on any atom is -0.481 e. The van der Waals surface area contributed by atoms with E-state index < -0.39 is 29.9 Å². The van der Waals surface area contributed by atoms with Gasteiger partial charge in [0.05, 0.1) is 63.6 Å². The third-order valence-electron chi connectivity index (χ3n) is 15.0. The van der Waals surface area contributed by atoms with Crippen molar-refractivity contribution in [3.8, 4) is 11.3 Å². The number of likely N-dealkylation sites (tertiary alicyclic amines) is 1. The molecule has 1 fully saturated rings. The molecule has 1 saturated heterocycles. The number of anilines is 1. The number of ether oxygens (including phenoxy) is 4. The number of rotatable bonds is 46. The monoisotopic (exact) mass is 1330 g/mol. The molecule has 5 heterocycles. The van der Waals surface area contributed by atoms with Crippen LogP contribution in [-0.4, -0.2) is 183 Å². The Hall–Kier alpha value is -7.40. The van der Waals surface area contributed by atoms with Gasteiger partial charge in [0.25, 0.3) is 0 Å². The summed E-state index contributed by atoms with van der Waals surface area (Å²) in [6.45, 7) is 8.26. The van der Waals surface area contributed by atoms with Crippen molar-refractivity contribution >= 4 is 85.8 Å². The molecular weight excluding hydrogens is 1240 g/mol. The molecule has 0 aromatic carbocycles.